The SMILES string of the molecule is Cc1ccn(CCCC(C)(O)CN)n1. The van der Waals surface area contributed by atoms with Gasteiger partial charge in [-0.1, -0.05) is 0 Å². The van der Waals surface area contributed by atoms with Gasteiger partial charge in [0.1, 0.15) is 0 Å². The second kappa shape index (κ2) is 4.57. The largest absolute Gasteiger partial charge is 0.389 e. The van der Waals surface area contributed by atoms with E-state index in [-0.39, 0.29) is 0 Å². The quantitative estimate of drug-likeness (QED) is 0.729. The zero-order chi connectivity index (χ0) is 10.6. The number of hydrogen-bond acceptors (Lipinski definition) is 3. The van der Waals surface area contributed by atoms with Crippen LogP contribution in [-0.2, 0) is 6.54 Å². The Morgan fingerprint density at radius 1 is 1.64 bits per heavy atom. The van der Waals surface area contributed by atoms with Crippen molar-refractivity contribution in [2.75, 3.05) is 6.54 Å². The molecule has 0 radical (unpaired) electrons. The second-order valence-electron chi connectivity index (χ2n) is 4.02. The molecule has 0 saturated carbocycles. The lowest BCUT2D eigenvalue weighted by atomic mass is 10.0. The summed E-state index contributed by atoms with van der Waals surface area (Å²) in [7, 11) is 0. The van der Waals surface area contributed by atoms with Crippen LogP contribution in [0.25, 0.3) is 0 Å². The monoisotopic (exact) mass is 197 g/mol. The van der Waals surface area contributed by atoms with Gasteiger partial charge in [0.05, 0.1) is 11.3 Å². The van der Waals surface area contributed by atoms with Gasteiger partial charge in [-0.3, -0.25) is 4.68 Å². The number of aromatic nitrogens is 2. The molecule has 0 saturated heterocycles. The zero-order valence-electron chi connectivity index (χ0n) is 8.90. The summed E-state index contributed by atoms with van der Waals surface area (Å²) in [5.41, 5.74) is 5.71. The van der Waals surface area contributed by atoms with Gasteiger partial charge in [0.15, 0.2) is 0 Å². The third kappa shape index (κ3) is 3.47. The van der Waals surface area contributed by atoms with Crippen molar-refractivity contribution in [3.8, 4) is 0 Å². The number of aryl methyl sites for hydroxylation is 2. The Bertz CT molecular complexity index is 281. The van der Waals surface area contributed by atoms with Gasteiger partial charge in [0.25, 0.3) is 0 Å². The van der Waals surface area contributed by atoms with E-state index in [4.69, 9.17) is 5.73 Å². The van der Waals surface area contributed by atoms with E-state index in [1.165, 1.54) is 0 Å². The van der Waals surface area contributed by atoms with E-state index < -0.39 is 5.60 Å². The summed E-state index contributed by atoms with van der Waals surface area (Å²) in [6, 6.07) is 1.97. The van der Waals surface area contributed by atoms with Gasteiger partial charge >= 0.3 is 0 Å². The predicted molar refractivity (Wildman–Crippen MR) is 55.9 cm³/mol. The molecule has 0 bridgehead atoms. The average Bonchev–Trinajstić information content (AvgIpc) is 2.51. The average molecular weight is 197 g/mol. The fourth-order valence-corrected chi connectivity index (χ4v) is 1.31. The highest BCUT2D eigenvalue weighted by molar-refractivity contribution is 4.94. The smallest absolute Gasteiger partial charge is 0.0742 e. The maximum absolute atomic E-state index is 9.65. The molecule has 0 spiro atoms. The van der Waals surface area contributed by atoms with Crippen molar-refractivity contribution in [3.63, 3.8) is 0 Å². The summed E-state index contributed by atoms with van der Waals surface area (Å²) < 4.78 is 1.89. The van der Waals surface area contributed by atoms with E-state index in [1.807, 2.05) is 23.9 Å². The first-order valence-electron chi connectivity index (χ1n) is 4.96. The van der Waals surface area contributed by atoms with Crippen LogP contribution in [0.2, 0.25) is 0 Å². The summed E-state index contributed by atoms with van der Waals surface area (Å²) in [4.78, 5) is 0. The number of nitrogens with two attached hydrogens (primary N) is 1. The Balaban J connectivity index is 2.28. The molecule has 14 heavy (non-hydrogen) atoms. The molecule has 1 aromatic heterocycles. The summed E-state index contributed by atoms with van der Waals surface area (Å²) in [6.45, 7) is 4.88. The molecule has 0 fully saturated rings. The minimum atomic E-state index is -0.734. The van der Waals surface area contributed by atoms with Gasteiger partial charge in [-0.05, 0) is 32.8 Å². The molecule has 0 aliphatic heterocycles. The van der Waals surface area contributed by atoms with E-state index in [0.29, 0.717) is 13.0 Å². The van der Waals surface area contributed by atoms with Crippen molar-refractivity contribution in [1.82, 2.24) is 9.78 Å². The van der Waals surface area contributed by atoms with Crippen molar-refractivity contribution in [2.45, 2.75) is 38.8 Å². The Hall–Kier alpha value is -0.870. The van der Waals surface area contributed by atoms with Gasteiger partial charge < -0.3 is 10.8 Å². The first-order valence-corrected chi connectivity index (χ1v) is 4.96. The Morgan fingerprint density at radius 3 is 2.86 bits per heavy atom. The van der Waals surface area contributed by atoms with Crippen LogP contribution in [0, 0.1) is 6.92 Å². The lowest BCUT2D eigenvalue weighted by Crippen LogP contribution is -2.34. The fraction of sp³-hybridized carbons (Fsp3) is 0.700. The molecule has 0 amide bonds. The third-order valence-corrected chi connectivity index (χ3v) is 2.32. The first kappa shape index (κ1) is 11.2. The van der Waals surface area contributed by atoms with Crippen LogP contribution < -0.4 is 5.73 Å². The van der Waals surface area contributed by atoms with Crippen molar-refractivity contribution in [2.24, 2.45) is 5.73 Å². The van der Waals surface area contributed by atoms with E-state index in [1.54, 1.807) is 6.92 Å². The Kier molecular flexibility index (Phi) is 3.66. The number of aliphatic hydroxyl groups is 1. The van der Waals surface area contributed by atoms with Crippen LogP contribution in [0.1, 0.15) is 25.5 Å². The molecule has 1 atom stereocenters. The van der Waals surface area contributed by atoms with E-state index >= 15 is 0 Å². The zero-order valence-corrected chi connectivity index (χ0v) is 8.90. The topological polar surface area (TPSA) is 64.1 Å². The standard InChI is InChI=1S/C10H19N3O/c1-9-4-7-13(12-9)6-3-5-10(2,14)8-11/h4,7,14H,3,5-6,8,11H2,1-2H3. The third-order valence-electron chi connectivity index (χ3n) is 2.32. The number of hydrogen-bond donors (Lipinski definition) is 2. The van der Waals surface area contributed by atoms with Crippen LogP contribution in [0.3, 0.4) is 0 Å². The second-order valence-corrected chi connectivity index (χ2v) is 4.02. The Labute approximate surface area is 84.7 Å². The molecule has 3 N–H and O–H groups in total. The molecule has 1 unspecified atom stereocenters. The van der Waals surface area contributed by atoms with Gasteiger partial charge in [0.2, 0.25) is 0 Å². The van der Waals surface area contributed by atoms with Crippen LogP contribution in [-0.4, -0.2) is 27.0 Å². The van der Waals surface area contributed by atoms with Crippen molar-refractivity contribution in [1.29, 1.82) is 0 Å². The van der Waals surface area contributed by atoms with Crippen molar-refractivity contribution < 1.29 is 5.11 Å². The lowest BCUT2D eigenvalue weighted by molar-refractivity contribution is 0.0563. The maximum atomic E-state index is 9.65. The Morgan fingerprint density at radius 2 is 2.36 bits per heavy atom. The van der Waals surface area contributed by atoms with Crippen LogP contribution in [0.4, 0.5) is 0 Å². The van der Waals surface area contributed by atoms with Gasteiger partial charge in [0, 0.05) is 19.3 Å². The van der Waals surface area contributed by atoms with Gasteiger partial charge in [-0.25, -0.2) is 0 Å². The minimum absolute atomic E-state index is 0.311. The molecule has 0 aliphatic rings. The molecule has 4 heteroatoms. The number of rotatable bonds is 5. The first-order chi connectivity index (χ1) is 6.53. The highest BCUT2D eigenvalue weighted by atomic mass is 16.3. The highest BCUT2D eigenvalue weighted by Crippen LogP contribution is 2.10. The highest BCUT2D eigenvalue weighted by Gasteiger charge is 2.16. The van der Waals surface area contributed by atoms with Crippen molar-refractivity contribution in [3.05, 3.63) is 18.0 Å². The van der Waals surface area contributed by atoms with E-state index in [0.717, 1.165) is 18.7 Å². The van der Waals surface area contributed by atoms with Crippen molar-refractivity contribution >= 4 is 0 Å². The molecule has 1 heterocycles. The molecule has 1 aromatic rings. The van der Waals surface area contributed by atoms with Gasteiger partial charge in [-0.15, -0.1) is 0 Å². The summed E-state index contributed by atoms with van der Waals surface area (Å²) in [5.74, 6) is 0. The molecule has 80 valence electrons. The molecule has 4 nitrogen and oxygen atoms in total. The molecule has 0 aromatic carbocycles. The maximum Gasteiger partial charge on any atom is 0.0742 e. The van der Waals surface area contributed by atoms with E-state index in [9.17, 15) is 5.11 Å². The molecular weight excluding hydrogens is 178 g/mol. The normalized spacial score (nSPS) is 15.4. The predicted octanol–water partition coefficient (Wildman–Crippen LogP) is 0.681. The minimum Gasteiger partial charge on any atom is -0.389 e. The summed E-state index contributed by atoms with van der Waals surface area (Å²) in [6.07, 6.45) is 3.56. The molecule has 1 rings (SSSR count). The fourth-order valence-electron chi connectivity index (χ4n) is 1.31. The van der Waals surface area contributed by atoms with Crippen LogP contribution in [0.5, 0.6) is 0 Å². The molecule has 0 aliphatic carbocycles. The van der Waals surface area contributed by atoms with Crippen LogP contribution in [0.15, 0.2) is 12.3 Å². The summed E-state index contributed by atoms with van der Waals surface area (Å²) >= 11 is 0. The van der Waals surface area contributed by atoms with E-state index in [2.05, 4.69) is 5.10 Å². The summed E-state index contributed by atoms with van der Waals surface area (Å²) in [5, 5.41) is 13.9. The lowest BCUT2D eigenvalue weighted by Gasteiger charge is -2.20. The van der Waals surface area contributed by atoms with Gasteiger partial charge in [-0.2, -0.15) is 5.10 Å². The molecular formula is C10H19N3O. The van der Waals surface area contributed by atoms with Crippen LogP contribution >= 0.6 is 0 Å². The number of nitrogens with zero attached hydrogens (tertiary/aromatic N) is 2.